The first kappa shape index (κ1) is 21.1. The number of nitrogens with zero attached hydrogens (tertiary/aromatic N) is 2. The lowest BCUT2D eigenvalue weighted by molar-refractivity contribution is -0.121. The van der Waals surface area contributed by atoms with Crippen molar-refractivity contribution in [3.8, 4) is 0 Å². The number of carbonyl (C=O) groups excluding carboxylic acids is 1. The number of halogens is 2. The minimum atomic E-state index is -3.32. The van der Waals surface area contributed by atoms with Crippen molar-refractivity contribution in [2.75, 3.05) is 48.7 Å². The second kappa shape index (κ2) is 10.2. The zero-order valence-corrected chi connectivity index (χ0v) is 17.1. The van der Waals surface area contributed by atoms with E-state index in [1.54, 1.807) is 12.1 Å². The first-order valence-electron chi connectivity index (χ1n) is 8.73. The van der Waals surface area contributed by atoms with Crippen LogP contribution in [0.25, 0.3) is 0 Å². The van der Waals surface area contributed by atoms with E-state index < -0.39 is 10.0 Å². The van der Waals surface area contributed by atoms with Crippen molar-refractivity contribution >= 4 is 37.5 Å². The molecular weight excluding hydrogens is 425 g/mol. The molecule has 26 heavy (non-hydrogen) atoms. The molecule has 1 aromatic carbocycles. The Kier molecular flexibility index (Phi) is 8.30. The van der Waals surface area contributed by atoms with Gasteiger partial charge < -0.3 is 10.2 Å². The van der Waals surface area contributed by atoms with Gasteiger partial charge >= 0.3 is 0 Å². The van der Waals surface area contributed by atoms with Crippen LogP contribution >= 0.6 is 15.9 Å². The molecule has 0 aromatic heterocycles. The van der Waals surface area contributed by atoms with Crippen LogP contribution in [0.4, 0.5) is 10.1 Å². The number of sulfonamides is 1. The molecule has 0 spiro atoms. The Balaban J connectivity index is 1.73. The molecule has 2 rings (SSSR count). The predicted molar refractivity (Wildman–Crippen MR) is 105 cm³/mol. The fraction of sp³-hybridized carbons (Fsp3) is 0.588. The van der Waals surface area contributed by atoms with Gasteiger partial charge in [0.2, 0.25) is 15.9 Å². The van der Waals surface area contributed by atoms with Crippen LogP contribution in [0, 0.1) is 5.82 Å². The third kappa shape index (κ3) is 6.51. The molecular formula is C17H25BrFN3O3S. The van der Waals surface area contributed by atoms with Crippen molar-refractivity contribution in [1.29, 1.82) is 0 Å². The fourth-order valence-electron chi connectivity index (χ4n) is 2.80. The lowest BCUT2D eigenvalue weighted by Crippen LogP contribution is -2.49. The van der Waals surface area contributed by atoms with Gasteiger partial charge in [0, 0.05) is 50.2 Å². The number of benzene rings is 1. The summed E-state index contributed by atoms with van der Waals surface area (Å²) in [5, 5.41) is 3.52. The van der Waals surface area contributed by atoms with Crippen LogP contribution in [-0.4, -0.2) is 62.4 Å². The molecule has 1 saturated heterocycles. The summed E-state index contributed by atoms with van der Waals surface area (Å²) in [4.78, 5) is 13.6. The molecule has 1 fully saturated rings. The molecule has 0 radical (unpaired) electrons. The van der Waals surface area contributed by atoms with E-state index in [0.29, 0.717) is 45.6 Å². The first-order valence-corrected chi connectivity index (χ1v) is 11.5. The van der Waals surface area contributed by atoms with Crippen molar-refractivity contribution in [3.05, 3.63) is 30.1 Å². The SMILES string of the molecule is O=C(CCCBr)NCCCS(=O)(=O)N1CCN(c2ccc(F)cc2)CC1. The van der Waals surface area contributed by atoms with Gasteiger partial charge in [-0.25, -0.2) is 12.8 Å². The molecule has 6 nitrogen and oxygen atoms in total. The molecule has 1 heterocycles. The maximum atomic E-state index is 13.0. The topological polar surface area (TPSA) is 69.7 Å². The van der Waals surface area contributed by atoms with E-state index in [2.05, 4.69) is 26.1 Å². The van der Waals surface area contributed by atoms with Crippen molar-refractivity contribution in [1.82, 2.24) is 9.62 Å². The molecule has 1 aliphatic heterocycles. The Morgan fingerprint density at radius 2 is 1.77 bits per heavy atom. The van der Waals surface area contributed by atoms with Gasteiger partial charge in [0.15, 0.2) is 0 Å². The standard InChI is InChI=1S/C17H25BrFN3O3S/c18-8-1-3-17(23)20-9-2-14-26(24,25)22-12-10-21(11-13-22)16-6-4-15(19)5-7-16/h4-7H,1-3,8-14H2,(H,20,23). The number of alkyl halides is 1. The highest BCUT2D eigenvalue weighted by Gasteiger charge is 2.26. The third-order valence-electron chi connectivity index (χ3n) is 4.26. The molecule has 1 aromatic rings. The quantitative estimate of drug-likeness (QED) is 0.462. The highest BCUT2D eigenvalue weighted by Crippen LogP contribution is 2.18. The number of amides is 1. The molecule has 146 valence electrons. The largest absolute Gasteiger partial charge is 0.369 e. The maximum absolute atomic E-state index is 13.0. The lowest BCUT2D eigenvalue weighted by atomic mass is 10.2. The van der Waals surface area contributed by atoms with Gasteiger partial charge in [-0.15, -0.1) is 0 Å². The normalized spacial score (nSPS) is 15.8. The van der Waals surface area contributed by atoms with Crippen molar-refractivity contribution < 1.29 is 17.6 Å². The molecule has 0 unspecified atom stereocenters. The Morgan fingerprint density at radius 3 is 2.38 bits per heavy atom. The zero-order chi connectivity index (χ0) is 19.0. The minimum Gasteiger partial charge on any atom is -0.369 e. The molecule has 1 amide bonds. The van der Waals surface area contributed by atoms with Gasteiger partial charge in [-0.1, -0.05) is 15.9 Å². The maximum Gasteiger partial charge on any atom is 0.220 e. The fourth-order valence-corrected chi connectivity index (χ4v) is 4.57. The van der Waals surface area contributed by atoms with Crippen LogP contribution in [-0.2, 0) is 14.8 Å². The van der Waals surface area contributed by atoms with Crippen molar-refractivity contribution in [3.63, 3.8) is 0 Å². The number of rotatable bonds is 9. The Bertz CT molecular complexity index is 677. The highest BCUT2D eigenvalue weighted by molar-refractivity contribution is 9.09. The molecule has 0 atom stereocenters. The van der Waals surface area contributed by atoms with Gasteiger partial charge in [-0.2, -0.15) is 4.31 Å². The second-order valence-corrected chi connectivity index (χ2v) is 9.06. The van der Waals surface area contributed by atoms with E-state index in [4.69, 9.17) is 0 Å². The average Bonchev–Trinajstić information content (AvgIpc) is 2.64. The van der Waals surface area contributed by atoms with Gasteiger partial charge in [-0.3, -0.25) is 4.79 Å². The van der Waals surface area contributed by atoms with Crippen LogP contribution in [0.3, 0.4) is 0 Å². The summed E-state index contributed by atoms with van der Waals surface area (Å²) in [5.74, 6) is -0.300. The molecule has 1 aliphatic rings. The highest BCUT2D eigenvalue weighted by atomic mass is 79.9. The summed E-state index contributed by atoms with van der Waals surface area (Å²) in [6, 6.07) is 6.23. The zero-order valence-electron chi connectivity index (χ0n) is 14.7. The second-order valence-electron chi connectivity index (χ2n) is 6.17. The summed E-state index contributed by atoms with van der Waals surface area (Å²) >= 11 is 3.27. The summed E-state index contributed by atoms with van der Waals surface area (Å²) < 4.78 is 39.4. The van der Waals surface area contributed by atoms with Crippen LogP contribution in [0.5, 0.6) is 0 Å². The van der Waals surface area contributed by atoms with E-state index in [1.807, 2.05) is 0 Å². The molecule has 0 saturated carbocycles. The van der Waals surface area contributed by atoms with Gasteiger partial charge in [0.1, 0.15) is 5.82 Å². The number of carbonyl (C=O) groups is 1. The third-order valence-corrected chi connectivity index (χ3v) is 6.78. The number of anilines is 1. The van der Waals surface area contributed by atoms with Crippen LogP contribution in [0.2, 0.25) is 0 Å². The summed E-state index contributed by atoms with van der Waals surface area (Å²) in [6.45, 7) is 2.35. The Hall–Kier alpha value is -1.19. The Morgan fingerprint density at radius 1 is 1.12 bits per heavy atom. The first-order chi connectivity index (χ1) is 12.4. The van der Waals surface area contributed by atoms with Gasteiger partial charge in [0.25, 0.3) is 0 Å². The van der Waals surface area contributed by atoms with Crippen LogP contribution < -0.4 is 10.2 Å². The van der Waals surface area contributed by atoms with E-state index in [9.17, 15) is 17.6 Å². The van der Waals surface area contributed by atoms with Gasteiger partial charge in [0.05, 0.1) is 5.75 Å². The number of hydrogen-bond acceptors (Lipinski definition) is 4. The summed E-state index contributed by atoms with van der Waals surface area (Å²) in [6.07, 6.45) is 1.62. The van der Waals surface area contributed by atoms with E-state index in [1.165, 1.54) is 16.4 Å². The summed E-state index contributed by atoms with van der Waals surface area (Å²) in [5.41, 5.74) is 0.898. The van der Waals surface area contributed by atoms with E-state index in [-0.39, 0.29) is 17.5 Å². The van der Waals surface area contributed by atoms with Gasteiger partial charge in [-0.05, 0) is 37.1 Å². The predicted octanol–water partition coefficient (Wildman–Crippen LogP) is 1.96. The minimum absolute atomic E-state index is 0.0300. The number of hydrogen-bond donors (Lipinski definition) is 1. The molecule has 1 N–H and O–H groups in total. The molecule has 0 bridgehead atoms. The van der Waals surface area contributed by atoms with Crippen molar-refractivity contribution in [2.45, 2.75) is 19.3 Å². The average molecular weight is 450 g/mol. The molecule has 0 aliphatic carbocycles. The van der Waals surface area contributed by atoms with E-state index >= 15 is 0 Å². The lowest BCUT2D eigenvalue weighted by Gasteiger charge is -2.35. The monoisotopic (exact) mass is 449 g/mol. The molecule has 9 heteroatoms. The van der Waals surface area contributed by atoms with Crippen LogP contribution in [0.15, 0.2) is 24.3 Å². The summed E-state index contributed by atoms with van der Waals surface area (Å²) in [7, 11) is -3.32. The Labute approximate surface area is 162 Å². The smallest absolute Gasteiger partial charge is 0.220 e. The number of nitrogens with one attached hydrogen (secondary N) is 1. The van der Waals surface area contributed by atoms with Crippen molar-refractivity contribution in [2.24, 2.45) is 0 Å². The number of piperazine rings is 1. The van der Waals surface area contributed by atoms with Crippen LogP contribution in [0.1, 0.15) is 19.3 Å². The van der Waals surface area contributed by atoms with E-state index in [0.717, 1.165) is 17.4 Å².